The maximum absolute atomic E-state index is 12.8. The molecule has 2 aromatic carbocycles. The zero-order valence-corrected chi connectivity index (χ0v) is 49.0. The lowest BCUT2D eigenvalue weighted by Gasteiger charge is -2.34. The molecule has 0 aliphatic carbocycles. The second-order valence-electron chi connectivity index (χ2n) is 24.4. The van der Waals surface area contributed by atoms with E-state index in [0.717, 1.165) is 42.9 Å². The monoisotopic (exact) mass is 1060 g/mol. The molecule has 0 unspecified atom stereocenters. The van der Waals surface area contributed by atoms with Gasteiger partial charge in [-0.15, -0.1) is 0 Å². The summed E-state index contributed by atoms with van der Waals surface area (Å²) in [5.74, 6) is 1.12. The van der Waals surface area contributed by atoms with Gasteiger partial charge in [-0.25, -0.2) is 34.7 Å². The topological polar surface area (TPSA) is 163 Å². The molecule has 0 aliphatic rings. The van der Waals surface area contributed by atoms with Crippen LogP contribution in [0.1, 0.15) is 161 Å². The molecule has 5 rings (SSSR count). The van der Waals surface area contributed by atoms with Crippen molar-refractivity contribution >= 4 is 64.1 Å². The van der Waals surface area contributed by atoms with Crippen molar-refractivity contribution in [2.45, 2.75) is 159 Å². The summed E-state index contributed by atoms with van der Waals surface area (Å²) in [6.45, 7) is 34.6. The lowest BCUT2D eigenvalue weighted by atomic mass is 9.82. The first-order valence-corrected chi connectivity index (χ1v) is 25.7. The Morgan fingerprint density at radius 3 is 1.25 bits per heavy atom. The number of ether oxygens (including phenoxy) is 1. The van der Waals surface area contributed by atoms with Crippen LogP contribution in [0, 0.1) is 16.2 Å². The van der Waals surface area contributed by atoms with Gasteiger partial charge in [-0.1, -0.05) is 123 Å². The summed E-state index contributed by atoms with van der Waals surface area (Å²) < 4.78 is 4.64. The molecule has 0 bridgehead atoms. The highest BCUT2D eigenvalue weighted by Crippen LogP contribution is 2.32. The van der Waals surface area contributed by atoms with Gasteiger partial charge in [-0.05, 0) is 130 Å². The lowest BCUT2D eigenvalue weighted by Crippen LogP contribution is -2.36. The number of anilines is 3. The van der Waals surface area contributed by atoms with Crippen molar-refractivity contribution in [1.29, 1.82) is 0 Å². The molecule has 0 aliphatic heterocycles. The van der Waals surface area contributed by atoms with Crippen molar-refractivity contribution in [2.75, 3.05) is 37.2 Å². The molecular weight excluding hydrogens is 981 g/mol. The van der Waals surface area contributed by atoms with Gasteiger partial charge in [0.25, 0.3) is 5.91 Å². The van der Waals surface area contributed by atoms with Crippen LogP contribution in [0.2, 0.25) is 15.9 Å². The number of nitrogens with one attached hydrogen (secondary N) is 3. The third-order valence-corrected chi connectivity index (χ3v) is 10.9. The molecule has 400 valence electrons. The van der Waals surface area contributed by atoms with Crippen molar-refractivity contribution in [2.24, 2.45) is 16.2 Å². The number of amides is 1. The molecule has 0 atom stereocenters. The molecule has 0 spiro atoms. The molecular formula is C56H82Cl3N11O3. The van der Waals surface area contributed by atoms with E-state index in [1.807, 2.05) is 42.5 Å². The number of carbonyl (C=O) groups excluding carboxylic acids is 2. The Bertz CT molecular complexity index is 2540. The summed E-state index contributed by atoms with van der Waals surface area (Å²) in [6, 6.07) is 25.4. The van der Waals surface area contributed by atoms with Crippen molar-refractivity contribution in [3.63, 3.8) is 0 Å². The molecule has 14 nitrogen and oxygen atoms in total. The second-order valence-corrected chi connectivity index (χ2v) is 25.4. The van der Waals surface area contributed by atoms with Gasteiger partial charge in [-0.2, -0.15) is 0 Å². The van der Waals surface area contributed by atoms with Crippen molar-refractivity contribution in [1.82, 2.24) is 39.7 Å². The number of halogens is 3. The fraction of sp³-hybridized carbons (Fsp3) is 0.536. The Hall–Kier alpha value is -5.15. The Morgan fingerprint density at radius 2 is 0.849 bits per heavy atom. The average molecular weight is 1060 g/mol. The van der Waals surface area contributed by atoms with E-state index < -0.39 is 5.97 Å². The van der Waals surface area contributed by atoms with Crippen molar-refractivity contribution < 1.29 is 14.3 Å². The Morgan fingerprint density at radius 1 is 0.493 bits per heavy atom. The third-order valence-electron chi connectivity index (χ3n) is 10.4. The van der Waals surface area contributed by atoms with Crippen molar-refractivity contribution in [3.8, 4) is 0 Å². The van der Waals surface area contributed by atoms with E-state index in [2.05, 4.69) is 191 Å². The zero-order valence-electron chi connectivity index (χ0n) is 46.7. The van der Waals surface area contributed by atoms with Crippen LogP contribution < -0.4 is 16.0 Å². The van der Waals surface area contributed by atoms with E-state index in [1.165, 1.54) is 12.7 Å². The first-order chi connectivity index (χ1) is 33.5. The number of benzene rings is 2. The van der Waals surface area contributed by atoms with Gasteiger partial charge in [0.15, 0.2) is 5.69 Å². The number of methoxy groups -OCH3 is 1. The maximum atomic E-state index is 12.8. The largest absolute Gasteiger partial charge is 0.464 e. The van der Waals surface area contributed by atoms with Crippen LogP contribution in [0.5, 0.6) is 0 Å². The molecule has 0 fully saturated rings. The molecule has 5 aromatic rings. The predicted octanol–water partition coefficient (Wildman–Crippen LogP) is 14.0. The molecule has 73 heavy (non-hydrogen) atoms. The van der Waals surface area contributed by atoms with Crippen LogP contribution in [-0.4, -0.2) is 89.4 Å². The van der Waals surface area contributed by atoms with Crippen molar-refractivity contribution in [3.05, 3.63) is 123 Å². The minimum Gasteiger partial charge on any atom is -0.464 e. The first kappa shape index (κ1) is 62.1. The number of esters is 1. The van der Waals surface area contributed by atoms with Gasteiger partial charge in [0.1, 0.15) is 23.1 Å². The quantitative estimate of drug-likeness (QED) is 0.0596. The van der Waals surface area contributed by atoms with Gasteiger partial charge in [0, 0.05) is 61.5 Å². The number of aromatic nitrogens is 6. The Kier molecular flexibility index (Phi) is 22.4. The number of carbonyl (C=O) groups is 2. The molecule has 3 heterocycles. The van der Waals surface area contributed by atoms with E-state index in [-0.39, 0.29) is 66.0 Å². The van der Waals surface area contributed by atoms with Crippen LogP contribution in [0.3, 0.4) is 0 Å². The summed E-state index contributed by atoms with van der Waals surface area (Å²) >= 11 is 18.1. The fourth-order valence-corrected chi connectivity index (χ4v) is 9.96. The van der Waals surface area contributed by atoms with Gasteiger partial charge >= 0.3 is 5.97 Å². The lowest BCUT2D eigenvalue weighted by molar-refractivity contribution is 0.0593. The minimum atomic E-state index is -0.536. The molecule has 3 N–H and O–H groups in total. The smallest absolute Gasteiger partial charge is 0.356 e. The van der Waals surface area contributed by atoms with Gasteiger partial charge < -0.3 is 25.6 Å². The van der Waals surface area contributed by atoms with E-state index in [9.17, 15) is 9.59 Å². The Labute approximate surface area is 451 Å². The number of hydrogen-bond donors (Lipinski definition) is 3. The Balaban J connectivity index is 0.000000293. The summed E-state index contributed by atoms with van der Waals surface area (Å²) in [5, 5.41) is 10.6. The molecule has 0 radical (unpaired) electrons. The predicted molar refractivity (Wildman–Crippen MR) is 302 cm³/mol. The summed E-state index contributed by atoms with van der Waals surface area (Å²) in [6.07, 6.45) is 2.87. The average Bonchev–Trinajstić information content (AvgIpc) is 3.20. The number of hydrogen-bond acceptors (Lipinski definition) is 13. The third kappa shape index (κ3) is 25.1. The van der Waals surface area contributed by atoms with Crippen LogP contribution in [0.4, 0.5) is 17.5 Å². The molecule has 3 aromatic heterocycles. The van der Waals surface area contributed by atoms with E-state index in [0.29, 0.717) is 24.7 Å². The van der Waals surface area contributed by atoms with E-state index in [1.54, 1.807) is 24.1 Å². The summed E-state index contributed by atoms with van der Waals surface area (Å²) in [7, 11) is 5.14. The zero-order chi connectivity index (χ0) is 55.2. The highest BCUT2D eigenvalue weighted by Gasteiger charge is 2.29. The minimum absolute atomic E-state index is 0.0157. The number of nitrogens with zero attached hydrogens (tertiary/aromatic N) is 8. The van der Waals surface area contributed by atoms with Crippen LogP contribution in [0.25, 0.3) is 0 Å². The highest BCUT2D eigenvalue weighted by molar-refractivity contribution is 6.29. The molecule has 0 saturated heterocycles. The second kappa shape index (κ2) is 26.4. The SMILES string of the molecule is CN(Cc1ccccc1)C(=O)c1cc(NC(C)(C)CC(C)(C)C)nc(Cl)n1.CN(Cc1ccccc1)Cc1cc(NC(C)(C)CC(C)(C)C)nc(Cl)n1.COC(=O)c1cc(NC(C)(C)CC(C)(C)C)nc(Cl)n1. The van der Waals surface area contributed by atoms with Crippen LogP contribution >= 0.6 is 34.8 Å². The number of rotatable bonds is 17. The van der Waals surface area contributed by atoms with E-state index in [4.69, 9.17) is 34.8 Å². The molecule has 0 saturated carbocycles. The van der Waals surface area contributed by atoms with Gasteiger partial charge in [0.05, 0.1) is 12.8 Å². The fourth-order valence-electron chi connectivity index (χ4n) is 9.40. The summed E-state index contributed by atoms with van der Waals surface area (Å²) in [5.41, 5.74) is 3.74. The molecule has 1 amide bonds. The van der Waals surface area contributed by atoms with Gasteiger partial charge in [0.2, 0.25) is 15.9 Å². The maximum Gasteiger partial charge on any atom is 0.356 e. The van der Waals surface area contributed by atoms with E-state index >= 15 is 0 Å². The first-order valence-electron chi connectivity index (χ1n) is 24.6. The van der Waals surface area contributed by atoms with Crippen LogP contribution in [-0.2, 0) is 24.4 Å². The normalized spacial score (nSPS) is 12.2. The highest BCUT2D eigenvalue weighted by atomic mass is 35.5. The van der Waals surface area contributed by atoms with Gasteiger partial charge in [-0.3, -0.25) is 9.69 Å². The van der Waals surface area contributed by atoms with Crippen LogP contribution in [0.15, 0.2) is 78.9 Å². The standard InChI is InChI=1S/C21H29ClN4O.C21H31ClN4.C14H22ClN3O2/c1-20(2,3)14-21(4,5)25-17-12-16(23-19(22)24-17)18(27)26(6)13-15-10-8-7-9-11-15;1-20(2,3)15-21(4,5)25-18-12-17(23-19(22)24-18)14-26(6)13-16-10-8-7-9-11-16;1-13(2,3)8-14(4,5)18-10-7-9(11(19)20-6)16-12(15)17-10/h7-12H,13-14H2,1-6H3,(H,23,24,25);7-12H,13-15H2,1-6H3,(H,23,24,25);7H,8H2,1-6H3,(H,16,17,18). The molecule has 17 heteroatoms. The summed E-state index contributed by atoms with van der Waals surface area (Å²) in [4.78, 5) is 53.2.